The van der Waals surface area contributed by atoms with Crippen molar-refractivity contribution in [3.05, 3.63) is 53.7 Å². The van der Waals surface area contributed by atoms with Gasteiger partial charge in [0.05, 0.1) is 7.11 Å². The number of allylic oxidation sites excluding steroid dienone is 2. The molecule has 0 N–H and O–H groups in total. The van der Waals surface area contributed by atoms with Crippen molar-refractivity contribution in [2.45, 2.75) is 5.09 Å². The normalized spacial score (nSPS) is 11.5. The van der Waals surface area contributed by atoms with Crippen molar-refractivity contribution < 1.29 is 9.26 Å². The van der Waals surface area contributed by atoms with Gasteiger partial charge in [0.25, 0.3) is 0 Å². The van der Waals surface area contributed by atoms with Crippen molar-refractivity contribution >= 4 is 23.9 Å². The molecule has 0 aliphatic carbocycles. The van der Waals surface area contributed by atoms with Crippen LogP contribution in [-0.2, 0) is 0 Å². The molecule has 2 rings (SSSR count). The maximum atomic E-state index is 5.11. The van der Waals surface area contributed by atoms with Gasteiger partial charge in [-0.15, -0.1) is 0 Å². The third-order valence-electron chi connectivity index (χ3n) is 2.49. The molecule has 1 aromatic carbocycles. The summed E-state index contributed by atoms with van der Waals surface area (Å²) in [6.07, 6.45) is 9.79. The second-order valence-electron chi connectivity index (χ2n) is 3.77. The van der Waals surface area contributed by atoms with Crippen molar-refractivity contribution in [3.63, 3.8) is 0 Å². The van der Waals surface area contributed by atoms with Crippen molar-refractivity contribution in [1.82, 2.24) is 5.16 Å². The van der Waals surface area contributed by atoms with E-state index in [1.54, 1.807) is 7.11 Å². The predicted octanol–water partition coefficient (Wildman–Crippen LogP) is 4.13. The Labute approximate surface area is 117 Å². The van der Waals surface area contributed by atoms with Crippen LogP contribution in [0.3, 0.4) is 0 Å². The molecule has 4 heteroatoms. The van der Waals surface area contributed by atoms with Crippen LogP contribution in [0.15, 0.2) is 52.1 Å². The summed E-state index contributed by atoms with van der Waals surface area (Å²) in [4.78, 5) is 0. The quantitative estimate of drug-likeness (QED) is 0.606. The minimum Gasteiger partial charge on any atom is -0.497 e. The first-order valence-corrected chi connectivity index (χ1v) is 7.04. The van der Waals surface area contributed by atoms with Gasteiger partial charge in [-0.05, 0) is 30.0 Å². The molecule has 19 heavy (non-hydrogen) atoms. The highest BCUT2D eigenvalue weighted by Crippen LogP contribution is 2.16. The molecular weight excluding hydrogens is 258 g/mol. The van der Waals surface area contributed by atoms with E-state index >= 15 is 0 Å². The van der Waals surface area contributed by atoms with E-state index in [2.05, 4.69) is 5.16 Å². The first-order valence-electron chi connectivity index (χ1n) is 5.81. The van der Waals surface area contributed by atoms with Crippen molar-refractivity contribution in [2.75, 3.05) is 13.4 Å². The average molecular weight is 273 g/mol. The fraction of sp³-hybridized carbons (Fsp3) is 0.133. The van der Waals surface area contributed by atoms with Gasteiger partial charge in [0, 0.05) is 6.07 Å². The van der Waals surface area contributed by atoms with Crippen LogP contribution in [0.25, 0.3) is 12.2 Å². The zero-order chi connectivity index (χ0) is 13.5. The SMILES string of the molecule is COc1ccc(/C=C/C=C/c2cc(SC)on2)cc1. The molecule has 0 saturated carbocycles. The number of thioether (sulfide) groups is 1. The molecule has 3 nitrogen and oxygen atoms in total. The van der Waals surface area contributed by atoms with Crippen LogP contribution in [0.2, 0.25) is 0 Å². The van der Waals surface area contributed by atoms with Gasteiger partial charge in [-0.2, -0.15) is 0 Å². The minimum absolute atomic E-state index is 0.818. The smallest absolute Gasteiger partial charge is 0.193 e. The van der Waals surface area contributed by atoms with E-state index in [1.807, 2.05) is 60.9 Å². The zero-order valence-electron chi connectivity index (χ0n) is 10.9. The Bertz CT molecular complexity index is 570. The van der Waals surface area contributed by atoms with Crippen LogP contribution in [0.5, 0.6) is 5.75 Å². The van der Waals surface area contributed by atoms with Crippen molar-refractivity contribution in [3.8, 4) is 5.75 Å². The van der Waals surface area contributed by atoms with Gasteiger partial charge in [-0.3, -0.25) is 0 Å². The molecule has 0 fully saturated rings. The van der Waals surface area contributed by atoms with E-state index in [4.69, 9.17) is 9.26 Å². The first-order chi connectivity index (χ1) is 9.31. The molecule has 0 saturated heterocycles. The van der Waals surface area contributed by atoms with E-state index in [0.29, 0.717) is 0 Å². The van der Waals surface area contributed by atoms with E-state index < -0.39 is 0 Å². The summed E-state index contributed by atoms with van der Waals surface area (Å²) in [5.74, 6) is 0.861. The van der Waals surface area contributed by atoms with Gasteiger partial charge in [-0.1, -0.05) is 47.3 Å². The van der Waals surface area contributed by atoms with Crippen LogP contribution in [0, 0.1) is 0 Å². The molecule has 0 unspecified atom stereocenters. The lowest BCUT2D eigenvalue weighted by atomic mass is 10.2. The lowest BCUT2D eigenvalue weighted by Crippen LogP contribution is -1.81. The van der Waals surface area contributed by atoms with E-state index in [1.165, 1.54) is 11.8 Å². The Kier molecular flexibility index (Phi) is 4.86. The van der Waals surface area contributed by atoms with Gasteiger partial charge in [0.2, 0.25) is 0 Å². The maximum Gasteiger partial charge on any atom is 0.193 e. The van der Waals surface area contributed by atoms with Crippen LogP contribution < -0.4 is 4.74 Å². The second-order valence-corrected chi connectivity index (χ2v) is 4.58. The molecule has 0 atom stereocenters. The molecule has 1 heterocycles. The molecular formula is C15H15NO2S. The molecule has 0 amide bonds. The number of aromatic nitrogens is 1. The standard InChI is InChI=1S/C15H15NO2S/c1-17-14-9-7-12(8-10-14)5-3-4-6-13-11-15(19-2)18-16-13/h3-11H,1-2H3/b5-3+,6-4+. The van der Waals surface area contributed by atoms with Crippen molar-refractivity contribution in [2.24, 2.45) is 0 Å². The summed E-state index contributed by atoms with van der Waals surface area (Å²) in [6, 6.07) is 9.79. The minimum atomic E-state index is 0.818. The lowest BCUT2D eigenvalue weighted by Gasteiger charge is -1.98. The highest BCUT2D eigenvalue weighted by atomic mass is 32.2. The third-order valence-corrected chi connectivity index (χ3v) is 3.09. The van der Waals surface area contributed by atoms with Gasteiger partial charge in [0.1, 0.15) is 11.4 Å². The molecule has 1 aromatic heterocycles. The fourth-order valence-corrected chi connectivity index (χ4v) is 1.83. The second kappa shape index (κ2) is 6.85. The Morgan fingerprint density at radius 2 is 1.89 bits per heavy atom. The molecule has 0 aliphatic heterocycles. The number of rotatable bonds is 5. The largest absolute Gasteiger partial charge is 0.497 e. The molecule has 2 aromatic rings. The van der Waals surface area contributed by atoms with Crippen LogP contribution in [-0.4, -0.2) is 18.5 Å². The van der Waals surface area contributed by atoms with Gasteiger partial charge >= 0.3 is 0 Å². The summed E-state index contributed by atoms with van der Waals surface area (Å²) in [7, 11) is 1.66. The van der Waals surface area contributed by atoms with E-state index in [-0.39, 0.29) is 0 Å². The van der Waals surface area contributed by atoms with Gasteiger partial charge in [-0.25, -0.2) is 0 Å². The number of ether oxygens (including phenoxy) is 1. The topological polar surface area (TPSA) is 35.3 Å². The number of methoxy groups -OCH3 is 1. The predicted molar refractivity (Wildman–Crippen MR) is 79.3 cm³/mol. The molecule has 0 aliphatic rings. The molecule has 0 spiro atoms. The average Bonchev–Trinajstić information content (AvgIpc) is 2.92. The van der Waals surface area contributed by atoms with E-state index in [0.717, 1.165) is 22.1 Å². The summed E-state index contributed by atoms with van der Waals surface area (Å²) in [5.41, 5.74) is 1.94. The molecule has 0 radical (unpaired) electrons. The monoisotopic (exact) mass is 273 g/mol. The van der Waals surface area contributed by atoms with Crippen molar-refractivity contribution in [1.29, 1.82) is 0 Å². The van der Waals surface area contributed by atoms with Crippen LogP contribution in [0.4, 0.5) is 0 Å². The zero-order valence-corrected chi connectivity index (χ0v) is 11.7. The maximum absolute atomic E-state index is 5.11. The summed E-state index contributed by atoms with van der Waals surface area (Å²) in [5, 5.41) is 4.74. The van der Waals surface area contributed by atoms with Crippen LogP contribution in [0.1, 0.15) is 11.3 Å². The Morgan fingerprint density at radius 1 is 1.16 bits per heavy atom. The number of hydrogen-bond acceptors (Lipinski definition) is 4. The molecule has 98 valence electrons. The lowest BCUT2D eigenvalue weighted by molar-refractivity contribution is 0.349. The fourth-order valence-electron chi connectivity index (χ4n) is 1.48. The van der Waals surface area contributed by atoms with Gasteiger partial charge < -0.3 is 9.26 Å². The van der Waals surface area contributed by atoms with Gasteiger partial charge in [0.15, 0.2) is 5.09 Å². The summed E-state index contributed by atoms with van der Waals surface area (Å²) >= 11 is 1.54. The number of nitrogens with zero attached hydrogens (tertiary/aromatic N) is 1. The third kappa shape index (κ3) is 4.03. The first kappa shape index (κ1) is 13.5. The summed E-state index contributed by atoms with van der Waals surface area (Å²) in [6.45, 7) is 0. The Balaban J connectivity index is 1.94. The van der Waals surface area contributed by atoms with Crippen LogP contribution >= 0.6 is 11.8 Å². The Morgan fingerprint density at radius 3 is 2.53 bits per heavy atom. The Hall–Kier alpha value is -1.94. The number of hydrogen-bond donors (Lipinski definition) is 0. The highest BCUT2D eigenvalue weighted by molar-refractivity contribution is 7.98. The highest BCUT2D eigenvalue weighted by Gasteiger charge is 1.97. The van der Waals surface area contributed by atoms with E-state index in [9.17, 15) is 0 Å². The molecule has 0 bridgehead atoms. The summed E-state index contributed by atoms with van der Waals surface area (Å²) < 4.78 is 10.2. The number of benzene rings is 1.